The number of amides is 1. The van der Waals surface area contributed by atoms with Crippen LogP contribution in [0.15, 0.2) is 0 Å². The van der Waals surface area contributed by atoms with Gasteiger partial charge in [-0.3, -0.25) is 4.79 Å². The average molecular weight is 198 g/mol. The summed E-state index contributed by atoms with van der Waals surface area (Å²) in [5.41, 5.74) is -0.966. The van der Waals surface area contributed by atoms with Crippen LogP contribution >= 0.6 is 0 Å². The number of nitrogens with zero attached hydrogens (tertiary/aromatic N) is 1. The van der Waals surface area contributed by atoms with E-state index in [9.17, 15) is 4.79 Å². The highest BCUT2D eigenvalue weighted by Gasteiger charge is 2.26. The molecule has 4 nitrogen and oxygen atoms in total. The van der Waals surface area contributed by atoms with Crippen molar-refractivity contribution in [3.8, 4) is 6.07 Å². The van der Waals surface area contributed by atoms with Crippen LogP contribution in [0.4, 0.5) is 0 Å². The van der Waals surface area contributed by atoms with Gasteiger partial charge in [0.15, 0.2) is 0 Å². The van der Waals surface area contributed by atoms with Crippen LogP contribution in [0.25, 0.3) is 0 Å². The van der Waals surface area contributed by atoms with Gasteiger partial charge in [0.1, 0.15) is 5.41 Å². The van der Waals surface area contributed by atoms with Gasteiger partial charge in [-0.2, -0.15) is 5.26 Å². The van der Waals surface area contributed by atoms with Crippen LogP contribution in [0.1, 0.15) is 27.7 Å². The van der Waals surface area contributed by atoms with Crippen molar-refractivity contribution in [2.75, 3.05) is 13.2 Å². The highest BCUT2D eigenvalue weighted by atomic mass is 16.5. The Morgan fingerprint density at radius 2 is 2.21 bits per heavy atom. The lowest BCUT2D eigenvalue weighted by molar-refractivity contribution is -0.127. The van der Waals surface area contributed by atoms with Gasteiger partial charge < -0.3 is 10.1 Å². The van der Waals surface area contributed by atoms with E-state index >= 15 is 0 Å². The lowest BCUT2D eigenvalue weighted by Crippen LogP contribution is -2.40. The van der Waals surface area contributed by atoms with Gasteiger partial charge in [-0.25, -0.2) is 0 Å². The summed E-state index contributed by atoms with van der Waals surface area (Å²) in [6.07, 6.45) is -0.0153. The first-order chi connectivity index (χ1) is 6.44. The predicted octanol–water partition coefficient (Wildman–Crippen LogP) is 1.08. The molecule has 0 heterocycles. The van der Waals surface area contributed by atoms with Crippen LogP contribution in [-0.2, 0) is 9.53 Å². The Labute approximate surface area is 85.2 Å². The summed E-state index contributed by atoms with van der Waals surface area (Å²) >= 11 is 0. The first-order valence-corrected chi connectivity index (χ1v) is 4.75. The van der Waals surface area contributed by atoms with Crippen molar-refractivity contribution in [1.29, 1.82) is 5.26 Å². The molecule has 0 aliphatic heterocycles. The van der Waals surface area contributed by atoms with Crippen LogP contribution in [0.5, 0.6) is 0 Å². The SMILES string of the molecule is CCOC(C)CNC(=O)C(C)(C)C#N. The molecular formula is C10H18N2O2. The number of nitriles is 1. The van der Waals surface area contributed by atoms with Crippen molar-refractivity contribution in [2.45, 2.75) is 33.8 Å². The van der Waals surface area contributed by atoms with Crippen LogP contribution in [0.2, 0.25) is 0 Å². The zero-order chi connectivity index (χ0) is 11.2. The van der Waals surface area contributed by atoms with E-state index < -0.39 is 5.41 Å². The monoisotopic (exact) mass is 198 g/mol. The molecule has 0 saturated heterocycles. The van der Waals surface area contributed by atoms with E-state index in [1.807, 2.05) is 19.9 Å². The number of carbonyl (C=O) groups is 1. The summed E-state index contributed by atoms with van der Waals surface area (Å²) in [7, 11) is 0. The van der Waals surface area contributed by atoms with Gasteiger partial charge in [0, 0.05) is 13.2 Å². The van der Waals surface area contributed by atoms with E-state index in [1.54, 1.807) is 13.8 Å². The first kappa shape index (κ1) is 12.9. The summed E-state index contributed by atoms with van der Waals surface area (Å²) in [6, 6.07) is 1.94. The lowest BCUT2D eigenvalue weighted by Gasteiger charge is -2.17. The maximum Gasteiger partial charge on any atom is 0.239 e. The Bertz CT molecular complexity index is 231. The van der Waals surface area contributed by atoms with Crippen molar-refractivity contribution < 1.29 is 9.53 Å². The van der Waals surface area contributed by atoms with Crippen molar-refractivity contribution in [3.05, 3.63) is 0 Å². The van der Waals surface area contributed by atoms with E-state index in [0.717, 1.165) is 0 Å². The van der Waals surface area contributed by atoms with Gasteiger partial charge in [-0.05, 0) is 27.7 Å². The van der Waals surface area contributed by atoms with Gasteiger partial charge in [0.25, 0.3) is 0 Å². The second-order valence-corrected chi connectivity index (χ2v) is 3.71. The molecule has 0 spiro atoms. The highest BCUT2D eigenvalue weighted by Crippen LogP contribution is 2.12. The van der Waals surface area contributed by atoms with Crippen molar-refractivity contribution >= 4 is 5.91 Å². The minimum absolute atomic E-state index is 0.0153. The largest absolute Gasteiger partial charge is 0.377 e. The van der Waals surface area contributed by atoms with Gasteiger partial charge in [0.2, 0.25) is 5.91 Å². The smallest absolute Gasteiger partial charge is 0.239 e. The number of hydrogen-bond acceptors (Lipinski definition) is 3. The normalized spacial score (nSPS) is 13.1. The Balaban J connectivity index is 3.92. The predicted molar refractivity (Wildman–Crippen MR) is 53.5 cm³/mol. The molecule has 0 bridgehead atoms. The molecule has 0 aromatic rings. The third kappa shape index (κ3) is 4.24. The van der Waals surface area contributed by atoms with Crippen molar-refractivity contribution in [1.82, 2.24) is 5.32 Å². The van der Waals surface area contributed by atoms with E-state index in [4.69, 9.17) is 10.00 Å². The summed E-state index contributed by atoms with van der Waals surface area (Å²) in [5.74, 6) is -0.258. The second-order valence-electron chi connectivity index (χ2n) is 3.71. The van der Waals surface area contributed by atoms with Crippen LogP contribution in [0.3, 0.4) is 0 Å². The topological polar surface area (TPSA) is 62.1 Å². The molecule has 1 N–H and O–H groups in total. The molecule has 0 saturated carbocycles. The van der Waals surface area contributed by atoms with Gasteiger partial charge in [0.05, 0.1) is 12.2 Å². The molecule has 1 amide bonds. The molecule has 0 aromatic heterocycles. The van der Waals surface area contributed by atoms with E-state index in [1.165, 1.54) is 0 Å². The van der Waals surface area contributed by atoms with Gasteiger partial charge >= 0.3 is 0 Å². The number of ether oxygens (including phenoxy) is 1. The molecule has 1 atom stereocenters. The minimum Gasteiger partial charge on any atom is -0.377 e. The highest BCUT2D eigenvalue weighted by molar-refractivity contribution is 5.84. The maximum absolute atomic E-state index is 11.4. The zero-order valence-corrected chi connectivity index (χ0v) is 9.26. The molecule has 0 aliphatic carbocycles. The summed E-state index contributed by atoms with van der Waals surface area (Å²) in [6.45, 7) is 8.03. The number of rotatable bonds is 5. The van der Waals surface area contributed by atoms with Crippen molar-refractivity contribution in [3.63, 3.8) is 0 Å². The Morgan fingerprint density at radius 1 is 1.64 bits per heavy atom. The number of nitrogens with one attached hydrogen (secondary N) is 1. The van der Waals surface area contributed by atoms with Crippen LogP contribution in [0, 0.1) is 16.7 Å². The lowest BCUT2D eigenvalue weighted by atomic mass is 9.95. The molecule has 0 fully saturated rings. The fourth-order valence-electron chi connectivity index (χ4n) is 0.852. The molecule has 0 aliphatic rings. The summed E-state index contributed by atoms with van der Waals surface area (Å²) in [4.78, 5) is 11.4. The first-order valence-electron chi connectivity index (χ1n) is 4.75. The molecule has 4 heteroatoms. The summed E-state index contributed by atoms with van der Waals surface area (Å²) < 4.78 is 5.24. The average Bonchev–Trinajstić information content (AvgIpc) is 2.14. The third-order valence-corrected chi connectivity index (χ3v) is 1.85. The quantitative estimate of drug-likeness (QED) is 0.719. The molecular weight excluding hydrogens is 180 g/mol. The Morgan fingerprint density at radius 3 is 2.64 bits per heavy atom. The number of hydrogen-bond donors (Lipinski definition) is 1. The van der Waals surface area contributed by atoms with Crippen molar-refractivity contribution in [2.24, 2.45) is 5.41 Å². The zero-order valence-electron chi connectivity index (χ0n) is 9.26. The van der Waals surface area contributed by atoms with Gasteiger partial charge in [-0.15, -0.1) is 0 Å². The van der Waals surface area contributed by atoms with E-state index in [2.05, 4.69) is 5.32 Å². The fraction of sp³-hybridized carbons (Fsp3) is 0.800. The molecule has 14 heavy (non-hydrogen) atoms. The minimum atomic E-state index is -0.966. The van der Waals surface area contributed by atoms with E-state index in [0.29, 0.717) is 13.2 Å². The molecule has 0 aromatic carbocycles. The second kappa shape index (κ2) is 5.61. The summed E-state index contributed by atoms with van der Waals surface area (Å²) in [5, 5.41) is 11.4. The Kier molecular flexibility index (Phi) is 5.18. The molecule has 80 valence electrons. The Hall–Kier alpha value is -1.08. The molecule has 0 radical (unpaired) electrons. The molecule has 0 rings (SSSR count). The maximum atomic E-state index is 11.4. The fourth-order valence-corrected chi connectivity index (χ4v) is 0.852. The van der Waals surface area contributed by atoms with Crippen LogP contribution in [-0.4, -0.2) is 25.2 Å². The standard InChI is InChI=1S/C10H18N2O2/c1-5-14-8(2)6-12-9(13)10(3,4)7-11/h8H,5-6H2,1-4H3,(H,12,13). The van der Waals surface area contributed by atoms with Gasteiger partial charge in [-0.1, -0.05) is 0 Å². The van der Waals surface area contributed by atoms with E-state index in [-0.39, 0.29) is 12.0 Å². The number of carbonyl (C=O) groups excluding carboxylic acids is 1. The third-order valence-electron chi connectivity index (χ3n) is 1.85. The molecule has 1 unspecified atom stereocenters. The van der Waals surface area contributed by atoms with Crippen LogP contribution < -0.4 is 5.32 Å².